The van der Waals surface area contributed by atoms with E-state index in [-0.39, 0.29) is 32.3 Å². The number of carbonyl (C=O) groups excluding carboxylic acids is 2. The van der Waals surface area contributed by atoms with Crippen LogP contribution in [0.3, 0.4) is 0 Å². The molecule has 1 N–H and O–H groups in total. The first-order valence-electron chi connectivity index (χ1n) is 9.15. The van der Waals surface area contributed by atoms with Gasteiger partial charge in [-0.3, -0.25) is 14.6 Å². The molecule has 3 aromatic carbocycles. The number of hydrogen-bond donors (Lipinski definition) is 1. The Hall–Kier alpha value is -3.84. The molecule has 0 saturated carbocycles. The fourth-order valence-corrected chi connectivity index (χ4v) is 5.30. The lowest BCUT2D eigenvalue weighted by molar-refractivity contribution is 0.101. The maximum Gasteiger partial charge on any atom is 0.255 e. The van der Waals surface area contributed by atoms with Crippen molar-refractivity contribution in [3.63, 3.8) is 0 Å². The molecule has 0 spiro atoms. The molecule has 1 amide bonds. The molecule has 1 aliphatic rings. The number of fused-ring (bicyclic) bond motifs is 3. The highest BCUT2D eigenvalue weighted by molar-refractivity contribution is 7.91. The highest BCUT2D eigenvalue weighted by atomic mass is 32.2. The molecule has 4 aromatic rings. The number of ketones is 1. The van der Waals surface area contributed by atoms with Crippen LogP contribution in [0.5, 0.6) is 0 Å². The molecule has 0 unspecified atom stereocenters. The van der Waals surface area contributed by atoms with Crippen LogP contribution in [0.2, 0.25) is 0 Å². The number of aromatic nitrogens is 1. The third-order valence-electron chi connectivity index (χ3n) is 5.08. The van der Waals surface area contributed by atoms with Crippen molar-refractivity contribution in [2.45, 2.75) is 9.79 Å². The predicted octanol–water partition coefficient (Wildman–Crippen LogP) is 3.86. The number of nitrogens with zero attached hydrogens (tertiary/aromatic N) is 1. The molecule has 146 valence electrons. The Morgan fingerprint density at radius 1 is 0.833 bits per heavy atom. The van der Waals surface area contributed by atoms with E-state index in [1.54, 1.807) is 36.5 Å². The molecular weight excluding hydrogens is 400 g/mol. The van der Waals surface area contributed by atoms with E-state index in [0.29, 0.717) is 11.2 Å². The lowest BCUT2D eigenvalue weighted by Gasteiger charge is -2.19. The fourth-order valence-electron chi connectivity index (χ4n) is 3.63. The van der Waals surface area contributed by atoms with Crippen molar-refractivity contribution in [1.82, 2.24) is 4.98 Å². The molecule has 2 heterocycles. The van der Waals surface area contributed by atoms with E-state index < -0.39 is 15.7 Å². The standard InChI is InChI=1S/C23H14N2O4S/c26-22-16-7-1-2-9-19(16)30(28,29)20-13-15(10-11-17(20)22)23(27)25-18-8-3-5-14-6-4-12-24-21(14)18/h1-13H,(H,25,27). The number of para-hydroxylation sites is 1. The van der Waals surface area contributed by atoms with E-state index in [1.165, 1.54) is 30.3 Å². The quantitative estimate of drug-likeness (QED) is 0.473. The Morgan fingerprint density at radius 3 is 2.47 bits per heavy atom. The van der Waals surface area contributed by atoms with Gasteiger partial charge in [-0.15, -0.1) is 0 Å². The van der Waals surface area contributed by atoms with Gasteiger partial charge in [0.2, 0.25) is 9.84 Å². The van der Waals surface area contributed by atoms with Crippen LogP contribution in [0.15, 0.2) is 88.8 Å². The zero-order chi connectivity index (χ0) is 20.9. The molecule has 30 heavy (non-hydrogen) atoms. The smallest absolute Gasteiger partial charge is 0.255 e. The second-order valence-corrected chi connectivity index (χ2v) is 8.76. The maximum atomic E-state index is 13.1. The lowest BCUT2D eigenvalue weighted by Crippen LogP contribution is -2.21. The second kappa shape index (κ2) is 6.60. The third-order valence-corrected chi connectivity index (χ3v) is 6.93. The Kier molecular flexibility index (Phi) is 4.01. The van der Waals surface area contributed by atoms with Crippen LogP contribution < -0.4 is 5.32 Å². The SMILES string of the molecule is O=C(Nc1cccc2cccnc12)c1ccc2c(c1)S(=O)(=O)c1ccccc1C2=O. The topological polar surface area (TPSA) is 93.2 Å². The number of hydrogen-bond acceptors (Lipinski definition) is 5. The number of anilines is 1. The minimum Gasteiger partial charge on any atom is -0.320 e. The molecule has 0 fully saturated rings. The van der Waals surface area contributed by atoms with Crippen LogP contribution in [0, 0.1) is 0 Å². The molecule has 0 radical (unpaired) electrons. The van der Waals surface area contributed by atoms with Crippen molar-refractivity contribution in [1.29, 1.82) is 0 Å². The average Bonchev–Trinajstić information content (AvgIpc) is 2.78. The van der Waals surface area contributed by atoms with E-state index in [4.69, 9.17) is 0 Å². The van der Waals surface area contributed by atoms with Crippen LogP contribution in [-0.2, 0) is 9.84 Å². The lowest BCUT2D eigenvalue weighted by atomic mass is 10.0. The predicted molar refractivity (Wildman–Crippen MR) is 111 cm³/mol. The highest BCUT2D eigenvalue weighted by Gasteiger charge is 2.35. The summed E-state index contributed by atoms with van der Waals surface area (Å²) in [6.45, 7) is 0. The van der Waals surface area contributed by atoms with Crippen LogP contribution >= 0.6 is 0 Å². The van der Waals surface area contributed by atoms with Gasteiger partial charge in [-0.2, -0.15) is 0 Å². The van der Waals surface area contributed by atoms with Gasteiger partial charge < -0.3 is 5.32 Å². The number of benzene rings is 3. The molecule has 5 rings (SSSR count). The summed E-state index contributed by atoms with van der Waals surface area (Å²) in [5, 5.41) is 3.65. The Bertz CT molecular complexity index is 1470. The summed E-state index contributed by atoms with van der Waals surface area (Å²) in [6, 6.07) is 19.3. The van der Waals surface area contributed by atoms with E-state index >= 15 is 0 Å². The van der Waals surface area contributed by atoms with Gasteiger partial charge in [0.1, 0.15) is 0 Å². The molecule has 6 nitrogen and oxygen atoms in total. The number of amides is 1. The molecule has 1 aromatic heterocycles. The third kappa shape index (κ3) is 2.71. The van der Waals surface area contributed by atoms with Gasteiger partial charge in [0.15, 0.2) is 5.78 Å². The van der Waals surface area contributed by atoms with Crippen molar-refractivity contribution in [3.05, 3.63) is 95.7 Å². The Morgan fingerprint density at radius 2 is 1.60 bits per heavy atom. The first-order chi connectivity index (χ1) is 14.5. The van der Waals surface area contributed by atoms with E-state index in [0.717, 1.165) is 5.39 Å². The summed E-state index contributed by atoms with van der Waals surface area (Å²) in [7, 11) is -3.91. The number of rotatable bonds is 2. The summed E-state index contributed by atoms with van der Waals surface area (Å²) < 4.78 is 26.1. The minimum atomic E-state index is -3.91. The molecule has 1 aliphatic heterocycles. The van der Waals surface area contributed by atoms with Crippen LogP contribution in [-0.4, -0.2) is 25.1 Å². The number of sulfone groups is 1. The van der Waals surface area contributed by atoms with E-state index in [1.807, 2.05) is 12.1 Å². The molecule has 7 heteroatoms. The Labute approximate surface area is 172 Å². The van der Waals surface area contributed by atoms with Gasteiger partial charge in [-0.1, -0.05) is 30.3 Å². The fraction of sp³-hybridized carbons (Fsp3) is 0. The number of nitrogens with one attached hydrogen (secondary N) is 1. The first kappa shape index (κ1) is 18.2. The van der Waals surface area contributed by atoms with Crippen LogP contribution in [0.1, 0.15) is 26.3 Å². The van der Waals surface area contributed by atoms with Gasteiger partial charge in [0.05, 0.1) is 21.0 Å². The van der Waals surface area contributed by atoms with Crippen molar-refractivity contribution in [2.75, 3.05) is 5.32 Å². The van der Waals surface area contributed by atoms with Gasteiger partial charge in [-0.25, -0.2) is 8.42 Å². The van der Waals surface area contributed by atoms with Crippen molar-refractivity contribution < 1.29 is 18.0 Å². The zero-order valence-electron chi connectivity index (χ0n) is 15.5. The number of pyridine rings is 1. The van der Waals surface area contributed by atoms with Crippen molar-refractivity contribution in [3.8, 4) is 0 Å². The van der Waals surface area contributed by atoms with Crippen LogP contribution in [0.25, 0.3) is 10.9 Å². The summed E-state index contributed by atoms with van der Waals surface area (Å²) in [5.74, 6) is -0.863. The van der Waals surface area contributed by atoms with Crippen molar-refractivity contribution >= 4 is 38.1 Å². The molecule has 0 atom stereocenters. The Balaban J connectivity index is 1.57. The molecule has 0 bridgehead atoms. The summed E-state index contributed by atoms with van der Waals surface area (Å²) in [6.07, 6.45) is 1.63. The van der Waals surface area contributed by atoms with Gasteiger partial charge >= 0.3 is 0 Å². The number of carbonyl (C=O) groups is 2. The first-order valence-corrected chi connectivity index (χ1v) is 10.6. The van der Waals surface area contributed by atoms with Crippen molar-refractivity contribution in [2.24, 2.45) is 0 Å². The zero-order valence-corrected chi connectivity index (χ0v) is 16.3. The van der Waals surface area contributed by atoms with Gasteiger partial charge in [0, 0.05) is 28.3 Å². The van der Waals surface area contributed by atoms with Crippen LogP contribution in [0.4, 0.5) is 5.69 Å². The molecule has 0 saturated heterocycles. The largest absolute Gasteiger partial charge is 0.320 e. The summed E-state index contributed by atoms with van der Waals surface area (Å²) in [4.78, 5) is 29.7. The normalized spacial score (nSPS) is 14.1. The molecular formula is C23H14N2O4S. The maximum absolute atomic E-state index is 13.1. The minimum absolute atomic E-state index is 0.0432. The summed E-state index contributed by atoms with van der Waals surface area (Å²) >= 11 is 0. The van der Waals surface area contributed by atoms with Gasteiger partial charge in [-0.05, 0) is 42.5 Å². The summed E-state index contributed by atoms with van der Waals surface area (Å²) in [5.41, 5.74) is 1.49. The average molecular weight is 414 g/mol. The van der Waals surface area contributed by atoms with E-state index in [9.17, 15) is 18.0 Å². The highest BCUT2D eigenvalue weighted by Crippen LogP contribution is 2.35. The molecule has 0 aliphatic carbocycles. The monoisotopic (exact) mass is 414 g/mol. The van der Waals surface area contributed by atoms with E-state index in [2.05, 4.69) is 10.3 Å². The second-order valence-electron chi connectivity index (χ2n) is 6.87. The van der Waals surface area contributed by atoms with Gasteiger partial charge in [0.25, 0.3) is 5.91 Å².